The number of hydrogen-bond donors (Lipinski definition) is 1. The number of ether oxygens (including phenoxy) is 1. The number of para-hydroxylation sites is 2. The van der Waals surface area contributed by atoms with Gasteiger partial charge in [-0.25, -0.2) is 4.79 Å². The molecule has 0 unspecified atom stereocenters. The summed E-state index contributed by atoms with van der Waals surface area (Å²) in [6.07, 6.45) is 2.48. The summed E-state index contributed by atoms with van der Waals surface area (Å²) in [5, 5.41) is 2.98. The molecule has 1 fully saturated rings. The molecule has 138 valence electrons. The third-order valence-electron chi connectivity index (χ3n) is 4.82. The molecule has 2 aromatic rings. The summed E-state index contributed by atoms with van der Waals surface area (Å²) in [4.78, 5) is 16.7. The van der Waals surface area contributed by atoms with Crippen molar-refractivity contribution < 1.29 is 9.53 Å². The number of benzene rings is 2. The molecule has 0 saturated carbocycles. The highest BCUT2D eigenvalue weighted by atomic mass is 16.5. The quantitative estimate of drug-likeness (QED) is 0.862. The highest BCUT2D eigenvalue weighted by Crippen LogP contribution is 2.25. The SMILES string of the molecule is COc1ccccc1CNC(=O)N(C)Cc1ccccc1N1CCCC1. The molecule has 1 saturated heterocycles. The molecule has 0 radical (unpaired) electrons. The van der Waals surface area contributed by atoms with Gasteiger partial charge in [-0.2, -0.15) is 0 Å². The van der Waals surface area contributed by atoms with Crippen LogP contribution in [0.1, 0.15) is 24.0 Å². The smallest absolute Gasteiger partial charge is 0.317 e. The fourth-order valence-corrected chi connectivity index (χ4v) is 3.39. The predicted molar refractivity (Wildman–Crippen MR) is 105 cm³/mol. The van der Waals surface area contributed by atoms with Gasteiger partial charge in [0.2, 0.25) is 0 Å². The van der Waals surface area contributed by atoms with Crippen molar-refractivity contribution in [2.45, 2.75) is 25.9 Å². The van der Waals surface area contributed by atoms with Crippen LogP contribution in [0.3, 0.4) is 0 Å². The van der Waals surface area contributed by atoms with Gasteiger partial charge < -0.3 is 19.9 Å². The number of methoxy groups -OCH3 is 1. The van der Waals surface area contributed by atoms with Crippen LogP contribution in [0.25, 0.3) is 0 Å². The molecule has 0 aliphatic carbocycles. The molecule has 5 nitrogen and oxygen atoms in total. The van der Waals surface area contributed by atoms with Crippen LogP contribution in [-0.4, -0.2) is 38.2 Å². The van der Waals surface area contributed by atoms with E-state index in [2.05, 4.69) is 28.4 Å². The zero-order chi connectivity index (χ0) is 18.4. The molecule has 0 bridgehead atoms. The van der Waals surface area contributed by atoms with E-state index in [4.69, 9.17) is 4.74 Å². The molecular weight excluding hydrogens is 326 g/mol. The minimum Gasteiger partial charge on any atom is -0.496 e. The molecule has 1 aliphatic rings. The van der Waals surface area contributed by atoms with Gasteiger partial charge in [0, 0.05) is 44.5 Å². The second-order valence-electron chi connectivity index (χ2n) is 6.65. The van der Waals surface area contributed by atoms with Crippen LogP contribution >= 0.6 is 0 Å². The summed E-state index contributed by atoms with van der Waals surface area (Å²) in [7, 11) is 3.47. The number of urea groups is 1. The summed E-state index contributed by atoms with van der Waals surface area (Å²) in [5.41, 5.74) is 3.40. The maximum Gasteiger partial charge on any atom is 0.317 e. The lowest BCUT2D eigenvalue weighted by atomic mass is 10.1. The van der Waals surface area contributed by atoms with E-state index in [1.807, 2.05) is 37.4 Å². The lowest BCUT2D eigenvalue weighted by Gasteiger charge is -2.24. The molecule has 3 rings (SSSR count). The molecule has 0 atom stereocenters. The molecule has 2 aromatic carbocycles. The maximum atomic E-state index is 12.5. The zero-order valence-corrected chi connectivity index (χ0v) is 15.6. The Kier molecular flexibility index (Phi) is 6.00. The first-order chi connectivity index (χ1) is 12.7. The number of carbonyl (C=O) groups is 1. The van der Waals surface area contributed by atoms with Gasteiger partial charge in [-0.3, -0.25) is 0 Å². The molecule has 5 heteroatoms. The van der Waals surface area contributed by atoms with E-state index in [-0.39, 0.29) is 6.03 Å². The monoisotopic (exact) mass is 353 g/mol. The van der Waals surface area contributed by atoms with Gasteiger partial charge in [0.05, 0.1) is 7.11 Å². The molecule has 2 amide bonds. The van der Waals surface area contributed by atoms with E-state index >= 15 is 0 Å². The second kappa shape index (κ2) is 8.61. The minimum absolute atomic E-state index is 0.0906. The first kappa shape index (κ1) is 18.1. The van der Waals surface area contributed by atoms with Crippen molar-refractivity contribution in [2.24, 2.45) is 0 Å². The van der Waals surface area contributed by atoms with Gasteiger partial charge in [-0.15, -0.1) is 0 Å². The molecular formula is C21H27N3O2. The van der Waals surface area contributed by atoms with Gasteiger partial charge in [-0.05, 0) is 30.5 Å². The lowest BCUT2D eigenvalue weighted by Crippen LogP contribution is -2.36. The fraction of sp³-hybridized carbons (Fsp3) is 0.381. The van der Waals surface area contributed by atoms with Crippen LogP contribution in [-0.2, 0) is 13.1 Å². The van der Waals surface area contributed by atoms with Crippen LogP contribution in [0.5, 0.6) is 5.75 Å². The molecule has 1 aliphatic heterocycles. The average molecular weight is 353 g/mol. The Morgan fingerprint density at radius 2 is 1.73 bits per heavy atom. The Labute approximate surface area is 155 Å². The number of hydrogen-bond acceptors (Lipinski definition) is 3. The number of nitrogens with one attached hydrogen (secondary N) is 1. The molecule has 0 aromatic heterocycles. The van der Waals surface area contributed by atoms with Crippen LogP contribution < -0.4 is 15.0 Å². The molecule has 0 spiro atoms. The standard InChI is InChI=1S/C21H27N3O2/c1-23(21(25)22-15-17-9-4-6-12-20(17)26-2)16-18-10-3-5-11-19(18)24-13-7-8-14-24/h3-6,9-12H,7-8,13-16H2,1-2H3,(H,22,25). The second-order valence-corrected chi connectivity index (χ2v) is 6.65. The Morgan fingerprint density at radius 3 is 2.46 bits per heavy atom. The average Bonchev–Trinajstić information content (AvgIpc) is 3.21. The third-order valence-corrected chi connectivity index (χ3v) is 4.82. The first-order valence-corrected chi connectivity index (χ1v) is 9.12. The first-order valence-electron chi connectivity index (χ1n) is 9.12. The van der Waals surface area contributed by atoms with E-state index in [9.17, 15) is 4.79 Å². The lowest BCUT2D eigenvalue weighted by molar-refractivity contribution is 0.206. The molecule has 1 N–H and O–H groups in total. The van der Waals surface area contributed by atoms with Crippen molar-refractivity contribution in [3.63, 3.8) is 0 Å². The van der Waals surface area contributed by atoms with Gasteiger partial charge in [0.25, 0.3) is 0 Å². The van der Waals surface area contributed by atoms with Crippen LogP contribution in [0, 0.1) is 0 Å². The Balaban J connectivity index is 1.61. The topological polar surface area (TPSA) is 44.8 Å². The van der Waals surface area contributed by atoms with Gasteiger partial charge >= 0.3 is 6.03 Å². The summed E-state index contributed by atoms with van der Waals surface area (Å²) in [5.74, 6) is 0.787. The normalized spacial score (nSPS) is 13.5. The Hall–Kier alpha value is -2.69. The van der Waals surface area contributed by atoms with Crippen molar-refractivity contribution >= 4 is 11.7 Å². The summed E-state index contributed by atoms with van der Waals surface area (Å²) < 4.78 is 5.34. The predicted octanol–water partition coefficient (Wildman–Crippen LogP) is 3.64. The Morgan fingerprint density at radius 1 is 1.08 bits per heavy atom. The van der Waals surface area contributed by atoms with Gasteiger partial charge in [-0.1, -0.05) is 36.4 Å². The van der Waals surface area contributed by atoms with Gasteiger partial charge in [0.1, 0.15) is 5.75 Å². The van der Waals surface area contributed by atoms with E-state index in [1.165, 1.54) is 24.1 Å². The highest BCUT2D eigenvalue weighted by Gasteiger charge is 2.17. The molecule has 1 heterocycles. The molecule has 26 heavy (non-hydrogen) atoms. The van der Waals surface area contributed by atoms with E-state index in [0.717, 1.165) is 24.4 Å². The number of anilines is 1. The summed E-state index contributed by atoms with van der Waals surface area (Å²) >= 11 is 0. The highest BCUT2D eigenvalue weighted by molar-refractivity contribution is 5.74. The van der Waals surface area contributed by atoms with Crippen molar-refractivity contribution in [1.29, 1.82) is 0 Å². The van der Waals surface area contributed by atoms with Gasteiger partial charge in [0.15, 0.2) is 0 Å². The number of nitrogens with zero attached hydrogens (tertiary/aromatic N) is 2. The van der Waals surface area contributed by atoms with Crippen molar-refractivity contribution in [2.75, 3.05) is 32.1 Å². The van der Waals surface area contributed by atoms with Crippen molar-refractivity contribution in [3.05, 3.63) is 59.7 Å². The fourth-order valence-electron chi connectivity index (χ4n) is 3.39. The number of amides is 2. The van der Waals surface area contributed by atoms with E-state index in [1.54, 1.807) is 12.0 Å². The summed E-state index contributed by atoms with van der Waals surface area (Å²) in [6, 6.07) is 16.0. The summed E-state index contributed by atoms with van der Waals surface area (Å²) in [6.45, 7) is 3.23. The van der Waals surface area contributed by atoms with Crippen LogP contribution in [0.2, 0.25) is 0 Å². The van der Waals surface area contributed by atoms with Crippen LogP contribution in [0.4, 0.5) is 10.5 Å². The van der Waals surface area contributed by atoms with E-state index < -0.39 is 0 Å². The largest absolute Gasteiger partial charge is 0.496 e. The van der Waals surface area contributed by atoms with Crippen LogP contribution in [0.15, 0.2) is 48.5 Å². The zero-order valence-electron chi connectivity index (χ0n) is 15.6. The van der Waals surface area contributed by atoms with Crippen molar-refractivity contribution in [1.82, 2.24) is 10.2 Å². The third kappa shape index (κ3) is 4.28. The number of rotatable bonds is 6. The van der Waals surface area contributed by atoms with Crippen molar-refractivity contribution in [3.8, 4) is 5.75 Å². The Bertz CT molecular complexity index is 742. The van der Waals surface area contributed by atoms with E-state index in [0.29, 0.717) is 13.1 Å². The maximum absolute atomic E-state index is 12.5. The minimum atomic E-state index is -0.0906. The number of carbonyl (C=O) groups excluding carboxylic acids is 1.